The molecule has 10 nitrogen and oxygen atoms in total. The van der Waals surface area contributed by atoms with E-state index in [1.165, 1.54) is 12.3 Å². The second-order valence-electron chi connectivity index (χ2n) is 5.86. The third kappa shape index (κ3) is 6.37. The number of nitro groups is 2. The van der Waals surface area contributed by atoms with Crippen molar-refractivity contribution in [3.8, 4) is 0 Å². The fourth-order valence-electron chi connectivity index (χ4n) is 2.30. The summed E-state index contributed by atoms with van der Waals surface area (Å²) < 4.78 is 0. The number of benzene rings is 2. The molecule has 10 heteroatoms. The van der Waals surface area contributed by atoms with Gasteiger partial charge in [0, 0.05) is 24.0 Å². The number of hydrogen-bond donors (Lipinski definition) is 2. The third-order valence-electron chi connectivity index (χ3n) is 3.88. The average molecular weight is 409 g/mol. The van der Waals surface area contributed by atoms with Gasteiger partial charge in [0.25, 0.3) is 11.6 Å². The molecule has 0 fully saturated rings. The minimum Gasteiger partial charge on any atom is -0.306 e. The van der Waals surface area contributed by atoms with Crippen molar-refractivity contribution in [1.29, 1.82) is 0 Å². The summed E-state index contributed by atoms with van der Waals surface area (Å²) in [6.45, 7) is 1.90. The second kappa shape index (κ2) is 10.9. The van der Waals surface area contributed by atoms with Gasteiger partial charge in [-0.2, -0.15) is 0 Å². The van der Waals surface area contributed by atoms with Crippen LogP contribution in [0.5, 0.6) is 0 Å². The smallest absolute Gasteiger partial charge is 0.301 e. The van der Waals surface area contributed by atoms with Gasteiger partial charge in [-0.25, -0.2) is 4.99 Å². The van der Waals surface area contributed by atoms with Crippen molar-refractivity contribution in [1.82, 2.24) is 10.9 Å². The van der Waals surface area contributed by atoms with E-state index >= 15 is 0 Å². The number of nitrogens with zero attached hydrogens (tertiary/aromatic N) is 3. The molecule has 0 aliphatic rings. The SMILES string of the molecule is CCC(=C/C=Nc1ccc([N+](=O)[O-])cc1[N+](=O)[O-])/C=C/NNC(=O)c1ccccc1. The van der Waals surface area contributed by atoms with Crippen LogP contribution in [-0.4, -0.2) is 22.0 Å². The Morgan fingerprint density at radius 1 is 1.10 bits per heavy atom. The Bertz CT molecular complexity index is 1020. The first-order chi connectivity index (χ1) is 14.4. The molecule has 2 N–H and O–H groups in total. The van der Waals surface area contributed by atoms with E-state index in [2.05, 4.69) is 15.8 Å². The number of nitro benzene ring substituents is 2. The fraction of sp³-hybridized carbons (Fsp3) is 0.100. The molecule has 0 bridgehead atoms. The Morgan fingerprint density at radius 2 is 1.83 bits per heavy atom. The van der Waals surface area contributed by atoms with E-state index in [1.807, 2.05) is 13.0 Å². The summed E-state index contributed by atoms with van der Waals surface area (Å²) in [7, 11) is 0. The van der Waals surface area contributed by atoms with Crippen LogP contribution in [0, 0.1) is 20.2 Å². The lowest BCUT2D eigenvalue weighted by atomic mass is 10.2. The van der Waals surface area contributed by atoms with Crippen LogP contribution in [0.1, 0.15) is 23.7 Å². The van der Waals surface area contributed by atoms with Gasteiger partial charge >= 0.3 is 5.69 Å². The summed E-state index contributed by atoms with van der Waals surface area (Å²) in [4.78, 5) is 36.4. The van der Waals surface area contributed by atoms with Crippen molar-refractivity contribution in [2.75, 3.05) is 0 Å². The number of carbonyl (C=O) groups excluding carboxylic acids is 1. The number of hydrogen-bond acceptors (Lipinski definition) is 7. The molecule has 0 unspecified atom stereocenters. The predicted octanol–water partition coefficient (Wildman–Crippen LogP) is 3.99. The number of hydrazine groups is 1. The molecule has 0 heterocycles. The van der Waals surface area contributed by atoms with Crippen LogP contribution in [0.3, 0.4) is 0 Å². The first-order valence-electron chi connectivity index (χ1n) is 8.86. The third-order valence-corrected chi connectivity index (χ3v) is 3.88. The van der Waals surface area contributed by atoms with Crippen molar-refractivity contribution in [3.05, 3.63) is 98.2 Å². The summed E-state index contributed by atoms with van der Waals surface area (Å²) >= 11 is 0. The summed E-state index contributed by atoms with van der Waals surface area (Å²) in [5.41, 5.74) is 5.73. The standard InChI is InChI=1S/C20H19N5O5/c1-2-15(11-13-22-23-20(26)16-6-4-3-5-7-16)10-12-21-18-9-8-17(24(27)28)14-19(18)25(29)30/h3-14,22H,2H2,1H3,(H,23,26)/b13-11+,15-10-,21-12?. The summed E-state index contributed by atoms with van der Waals surface area (Å²) in [5.74, 6) is -0.283. The lowest BCUT2D eigenvalue weighted by Gasteiger charge is -2.04. The van der Waals surface area contributed by atoms with E-state index < -0.39 is 15.5 Å². The Labute approximate surface area is 171 Å². The van der Waals surface area contributed by atoms with E-state index in [4.69, 9.17) is 0 Å². The number of carbonyl (C=O) groups is 1. The summed E-state index contributed by atoms with van der Waals surface area (Å²) in [6.07, 6.45) is 6.90. The first-order valence-corrected chi connectivity index (χ1v) is 8.86. The topological polar surface area (TPSA) is 140 Å². The fourth-order valence-corrected chi connectivity index (χ4v) is 2.30. The molecule has 0 aliphatic carbocycles. The van der Waals surface area contributed by atoms with Gasteiger partial charge in [0.15, 0.2) is 0 Å². The van der Waals surface area contributed by atoms with Gasteiger partial charge in [0.1, 0.15) is 5.69 Å². The number of amides is 1. The van der Waals surface area contributed by atoms with E-state index in [0.29, 0.717) is 12.0 Å². The van der Waals surface area contributed by atoms with Crippen molar-refractivity contribution >= 4 is 29.2 Å². The highest BCUT2D eigenvalue weighted by molar-refractivity contribution is 5.93. The number of allylic oxidation sites excluding steroid dienone is 3. The van der Waals surface area contributed by atoms with E-state index in [0.717, 1.165) is 17.7 Å². The molecule has 0 saturated heterocycles. The molecule has 0 aromatic heterocycles. The van der Waals surface area contributed by atoms with Gasteiger partial charge in [-0.3, -0.25) is 30.4 Å². The highest BCUT2D eigenvalue weighted by Crippen LogP contribution is 2.30. The molecule has 1 amide bonds. The maximum atomic E-state index is 11.9. The highest BCUT2D eigenvalue weighted by atomic mass is 16.6. The van der Waals surface area contributed by atoms with Crippen LogP contribution in [0.25, 0.3) is 0 Å². The molecule has 0 saturated carbocycles. The minimum atomic E-state index is -0.719. The van der Waals surface area contributed by atoms with E-state index in [1.54, 1.807) is 42.6 Å². The zero-order chi connectivity index (χ0) is 21.9. The van der Waals surface area contributed by atoms with Gasteiger partial charge in [-0.05, 0) is 42.3 Å². The molecule has 2 aromatic carbocycles. The van der Waals surface area contributed by atoms with E-state index in [9.17, 15) is 25.0 Å². The molecule has 0 aliphatic heterocycles. The highest BCUT2D eigenvalue weighted by Gasteiger charge is 2.18. The van der Waals surface area contributed by atoms with Gasteiger partial charge in [-0.1, -0.05) is 25.1 Å². The van der Waals surface area contributed by atoms with Gasteiger partial charge in [0.05, 0.1) is 15.9 Å². The van der Waals surface area contributed by atoms with E-state index in [-0.39, 0.29) is 17.3 Å². The molecular weight excluding hydrogens is 390 g/mol. The van der Waals surface area contributed by atoms with Gasteiger partial charge in [-0.15, -0.1) is 0 Å². The Hall–Kier alpha value is -4.34. The Morgan fingerprint density at radius 3 is 2.47 bits per heavy atom. The maximum Gasteiger partial charge on any atom is 0.301 e. The molecular formula is C20H19N5O5. The van der Waals surface area contributed by atoms with Crippen LogP contribution < -0.4 is 10.9 Å². The molecule has 0 radical (unpaired) electrons. The molecule has 2 aromatic rings. The zero-order valence-electron chi connectivity index (χ0n) is 16.0. The monoisotopic (exact) mass is 409 g/mol. The lowest BCUT2D eigenvalue weighted by Crippen LogP contribution is -2.33. The normalized spacial score (nSPS) is 11.6. The second-order valence-corrected chi connectivity index (χ2v) is 5.86. The Kier molecular flexibility index (Phi) is 7.94. The van der Waals surface area contributed by atoms with Crippen molar-refractivity contribution in [2.45, 2.75) is 13.3 Å². The minimum absolute atomic E-state index is 0.00883. The van der Waals surface area contributed by atoms with Crippen molar-refractivity contribution in [2.24, 2.45) is 4.99 Å². The molecule has 30 heavy (non-hydrogen) atoms. The predicted molar refractivity (Wildman–Crippen MR) is 112 cm³/mol. The quantitative estimate of drug-likeness (QED) is 0.278. The number of rotatable bonds is 9. The van der Waals surface area contributed by atoms with Crippen LogP contribution in [0.4, 0.5) is 17.1 Å². The van der Waals surface area contributed by atoms with Gasteiger partial charge in [0.2, 0.25) is 0 Å². The maximum absolute atomic E-state index is 11.9. The lowest BCUT2D eigenvalue weighted by molar-refractivity contribution is -0.393. The van der Waals surface area contributed by atoms with Crippen LogP contribution >= 0.6 is 0 Å². The average Bonchev–Trinajstić information content (AvgIpc) is 2.75. The molecule has 0 spiro atoms. The van der Waals surface area contributed by atoms with Crippen molar-refractivity contribution < 1.29 is 14.6 Å². The number of non-ortho nitro benzene ring substituents is 1. The number of nitrogens with one attached hydrogen (secondary N) is 2. The zero-order valence-corrected chi connectivity index (χ0v) is 16.0. The summed E-state index contributed by atoms with van der Waals surface area (Å²) in [5, 5.41) is 21.9. The van der Waals surface area contributed by atoms with Gasteiger partial charge < -0.3 is 5.43 Å². The van der Waals surface area contributed by atoms with Crippen LogP contribution in [-0.2, 0) is 0 Å². The molecule has 0 atom stereocenters. The first kappa shape index (κ1) is 22.0. The Balaban J connectivity index is 2.02. The summed E-state index contributed by atoms with van der Waals surface area (Å²) in [6, 6.07) is 12.0. The largest absolute Gasteiger partial charge is 0.306 e. The molecule has 2 rings (SSSR count). The van der Waals surface area contributed by atoms with Crippen molar-refractivity contribution in [3.63, 3.8) is 0 Å². The van der Waals surface area contributed by atoms with Crippen LogP contribution in [0.15, 0.2) is 77.4 Å². The molecule has 154 valence electrons. The van der Waals surface area contributed by atoms with Crippen LogP contribution in [0.2, 0.25) is 0 Å². The number of aliphatic imine (C=N–C) groups is 1.